The predicted octanol–water partition coefficient (Wildman–Crippen LogP) is 4.42. The minimum Gasteiger partial charge on any atom is -0.298 e. The van der Waals surface area contributed by atoms with Crippen LogP contribution in [0.1, 0.15) is 35.1 Å². The van der Waals surface area contributed by atoms with E-state index in [9.17, 15) is 8.42 Å². The molecule has 2 aromatic rings. The van der Waals surface area contributed by atoms with E-state index < -0.39 is 10.0 Å². The number of hydrogen-bond donors (Lipinski definition) is 0. The number of fused-ring (bicyclic) bond motifs is 1. The Morgan fingerprint density at radius 2 is 1.86 bits per heavy atom. The van der Waals surface area contributed by atoms with E-state index in [1.54, 1.807) is 17.3 Å². The summed E-state index contributed by atoms with van der Waals surface area (Å²) in [6.45, 7) is 7.82. The van der Waals surface area contributed by atoms with Crippen LogP contribution < -0.4 is 0 Å². The van der Waals surface area contributed by atoms with E-state index in [4.69, 9.17) is 11.6 Å². The number of sulfonamides is 1. The molecular formula is C23H29ClN2O2S. The fourth-order valence-electron chi connectivity index (χ4n) is 4.66. The molecule has 1 atom stereocenters. The largest absolute Gasteiger partial charge is 0.298 e. The van der Waals surface area contributed by atoms with Crippen LogP contribution in [0.25, 0.3) is 0 Å². The molecule has 2 aromatic carbocycles. The predicted molar refractivity (Wildman–Crippen MR) is 118 cm³/mol. The second-order valence-corrected chi connectivity index (χ2v) is 10.8. The highest BCUT2D eigenvalue weighted by Crippen LogP contribution is 2.31. The summed E-state index contributed by atoms with van der Waals surface area (Å²) in [7, 11) is -3.53. The molecule has 1 fully saturated rings. The summed E-state index contributed by atoms with van der Waals surface area (Å²) in [4.78, 5) is 2.84. The SMILES string of the molecule is Cc1cc(Cl)c(C)c(S(=O)(=O)N2CCCC(CN3CCc4ccccc4C3)C2)c1. The van der Waals surface area contributed by atoms with Gasteiger partial charge in [-0.2, -0.15) is 4.31 Å². The molecule has 156 valence electrons. The Bertz CT molecular complexity index is 1010. The molecule has 6 heteroatoms. The van der Waals surface area contributed by atoms with Crippen molar-refractivity contribution >= 4 is 21.6 Å². The van der Waals surface area contributed by atoms with Gasteiger partial charge in [0.25, 0.3) is 0 Å². The molecule has 2 aliphatic rings. The average Bonchev–Trinajstić information content (AvgIpc) is 2.70. The van der Waals surface area contributed by atoms with Crippen LogP contribution >= 0.6 is 11.6 Å². The lowest BCUT2D eigenvalue weighted by atomic mass is 9.95. The van der Waals surface area contributed by atoms with Crippen LogP contribution in [-0.2, 0) is 23.0 Å². The Hall–Kier alpha value is -1.40. The van der Waals surface area contributed by atoms with Crippen molar-refractivity contribution in [2.75, 3.05) is 26.2 Å². The molecule has 1 unspecified atom stereocenters. The van der Waals surface area contributed by atoms with Crippen molar-refractivity contribution in [2.45, 2.75) is 44.6 Å². The van der Waals surface area contributed by atoms with Crippen molar-refractivity contribution in [1.82, 2.24) is 9.21 Å². The highest BCUT2D eigenvalue weighted by Gasteiger charge is 2.33. The highest BCUT2D eigenvalue weighted by atomic mass is 35.5. The Morgan fingerprint density at radius 1 is 1.10 bits per heavy atom. The van der Waals surface area contributed by atoms with Crippen molar-refractivity contribution in [3.8, 4) is 0 Å². The molecule has 0 aromatic heterocycles. The van der Waals surface area contributed by atoms with Gasteiger partial charge in [0.15, 0.2) is 0 Å². The summed E-state index contributed by atoms with van der Waals surface area (Å²) >= 11 is 6.27. The summed E-state index contributed by atoms with van der Waals surface area (Å²) in [5.41, 5.74) is 4.37. The Labute approximate surface area is 179 Å². The third-order valence-electron chi connectivity index (χ3n) is 6.27. The molecule has 0 bridgehead atoms. The fraction of sp³-hybridized carbons (Fsp3) is 0.478. The van der Waals surface area contributed by atoms with Gasteiger partial charge in [-0.15, -0.1) is 0 Å². The van der Waals surface area contributed by atoms with E-state index in [1.165, 1.54) is 11.1 Å². The maximum absolute atomic E-state index is 13.4. The van der Waals surface area contributed by atoms with Gasteiger partial charge in [-0.05, 0) is 73.4 Å². The molecule has 1 saturated heterocycles. The first-order valence-electron chi connectivity index (χ1n) is 10.4. The summed E-state index contributed by atoms with van der Waals surface area (Å²) in [5, 5.41) is 0.518. The number of halogens is 1. The molecular weight excluding hydrogens is 404 g/mol. The molecule has 4 rings (SSSR count). The van der Waals surface area contributed by atoms with Gasteiger partial charge in [-0.1, -0.05) is 35.9 Å². The third-order valence-corrected chi connectivity index (χ3v) is 8.65. The van der Waals surface area contributed by atoms with Crippen LogP contribution in [0, 0.1) is 19.8 Å². The van der Waals surface area contributed by atoms with Crippen LogP contribution in [0.15, 0.2) is 41.3 Å². The van der Waals surface area contributed by atoms with E-state index >= 15 is 0 Å². The highest BCUT2D eigenvalue weighted by molar-refractivity contribution is 7.89. The van der Waals surface area contributed by atoms with Gasteiger partial charge in [0.05, 0.1) is 4.90 Å². The molecule has 0 amide bonds. The smallest absolute Gasteiger partial charge is 0.243 e. The molecule has 2 aliphatic heterocycles. The monoisotopic (exact) mass is 432 g/mol. The standard InChI is InChI=1S/C23H29ClN2O2S/c1-17-12-22(24)18(2)23(13-17)29(27,28)26-10-5-6-19(15-26)14-25-11-9-20-7-3-4-8-21(20)16-25/h3-4,7-8,12-13,19H,5-6,9-11,14-16H2,1-2H3. The van der Waals surface area contributed by atoms with Crippen molar-refractivity contribution in [3.63, 3.8) is 0 Å². The topological polar surface area (TPSA) is 40.6 Å². The Balaban J connectivity index is 1.47. The maximum atomic E-state index is 13.4. The number of hydrogen-bond acceptors (Lipinski definition) is 3. The van der Waals surface area contributed by atoms with Crippen LogP contribution in [0.2, 0.25) is 5.02 Å². The maximum Gasteiger partial charge on any atom is 0.243 e. The third kappa shape index (κ3) is 4.38. The lowest BCUT2D eigenvalue weighted by molar-refractivity contribution is 0.167. The van der Waals surface area contributed by atoms with Crippen LogP contribution in [0.5, 0.6) is 0 Å². The zero-order valence-electron chi connectivity index (χ0n) is 17.2. The van der Waals surface area contributed by atoms with Crippen molar-refractivity contribution < 1.29 is 8.42 Å². The second kappa shape index (κ2) is 8.38. The lowest BCUT2D eigenvalue weighted by Crippen LogP contribution is -2.44. The fourth-order valence-corrected chi connectivity index (χ4v) is 6.88. The van der Waals surface area contributed by atoms with Crippen molar-refractivity contribution in [3.05, 3.63) is 63.7 Å². The molecule has 0 spiro atoms. The summed E-state index contributed by atoms with van der Waals surface area (Å²) in [6.07, 6.45) is 3.07. The van der Waals surface area contributed by atoms with E-state index in [0.29, 0.717) is 34.5 Å². The van der Waals surface area contributed by atoms with Gasteiger partial charge in [-0.3, -0.25) is 4.90 Å². The summed E-state index contributed by atoms with van der Waals surface area (Å²) in [5.74, 6) is 0.365. The Kier molecular flexibility index (Phi) is 6.03. The zero-order chi connectivity index (χ0) is 20.6. The van der Waals surface area contributed by atoms with Gasteiger partial charge in [0.1, 0.15) is 0 Å². The summed E-state index contributed by atoms with van der Waals surface area (Å²) < 4.78 is 28.4. The van der Waals surface area contributed by atoms with Crippen molar-refractivity contribution in [2.24, 2.45) is 5.92 Å². The number of nitrogens with zero attached hydrogens (tertiary/aromatic N) is 2. The van der Waals surface area contributed by atoms with Crippen molar-refractivity contribution in [1.29, 1.82) is 0 Å². The van der Waals surface area contributed by atoms with E-state index in [0.717, 1.165) is 44.5 Å². The molecule has 0 N–H and O–H groups in total. The molecule has 2 heterocycles. The molecule has 0 saturated carbocycles. The normalized spacial score (nSPS) is 21.1. The molecule has 4 nitrogen and oxygen atoms in total. The number of benzene rings is 2. The molecule has 0 radical (unpaired) electrons. The number of piperidine rings is 1. The van der Waals surface area contributed by atoms with Crippen LogP contribution in [-0.4, -0.2) is 43.8 Å². The van der Waals surface area contributed by atoms with Gasteiger partial charge in [0, 0.05) is 37.7 Å². The number of rotatable bonds is 4. The van der Waals surface area contributed by atoms with Gasteiger partial charge < -0.3 is 0 Å². The summed E-state index contributed by atoms with van der Waals surface area (Å²) in [6, 6.07) is 12.2. The van der Waals surface area contributed by atoms with Gasteiger partial charge >= 0.3 is 0 Å². The second-order valence-electron chi connectivity index (χ2n) is 8.50. The van der Waals surface area contributed by atoms with Gasteiger partial charge in [-0.25, -0.2) is 8.42 Å². The van der Waals surface area contributed by atoms with Crippen LogP contribution in [0.4, 0.5) is 0 Å². The molecule has 29 heavy (non-hydrogen) atoms. The molecule has 0 aliphatic carbocycles. The lowest BCUT2D eigenvalue weighted by Gasteiger charge is -2.37. The first-order chi connectivity index (χ1) is 13.8. The van der Waals surface area contributed by atoms with Crippen LogP contribution in [0.3, 0.4) is 0 Å². The Morgan fingerprint density at radius 3 is 2.66 bits per heavy atom. The van der Waals surface area contributed by atoms with E-state index in [1.807, 2.05) is 13.0 Å². The first-order valence-corrected chi connectivity index (χ1v) is 12.2. The van der Waals surface area contributed by atoms with Gasteiger partial charge in [0.2, 0.25) is 10.0 Å². The zero-order valence-corrected chi connectivity index (χ0v) is 18.8. The average molecular weight is 433 g/mol. The number of aryl methyl sites for hydroxylation is 1. The quantitative estimate of drug-likeness (QED) is 0.718. The minimum atomic E-state index is -3.53. The van der Waals surface area contributed by atoms with E-state index in [-0.39, 0.29) is 0 Å². The minimum absolute atomic E-state index is 0.357. The van der Waals surface area contributed by atoms with E-state index in [2.05, 4.69) is 29.2 Å². The first kappa shape index (κ1) is 20.9.